The first-order chi connectivity index (χ1) is 10.6. The van der Waals surface area contributed by atoms with Crippen molar-refractivity contribution in [1.29, 1.82) is 0 Å². The highest BCUT2D eigenvalue weighted by atomic mass is 127. The van der Waals surface area contributed by atoms with Gasteiger partial charge in [-0.2, -0.15) is 0 Å². The summed E-state index contributed by atoms with van der Waals surface area (Å²) in [4.78, 5) is 11.9. The minimum atomic E-state index is 0.0615. The highest BCUT2D eigenvalue weighted by molar-refractivity contribution is 14.1. The molecule has 0 radical (unpaired) electrons. The molecule has 0 aromatic heterocycles. The number of rotatable bonds is 6. The Morgan fingerprint density at radius 2 is 1.91 bits per heavy atom. The quantitative estimate of drug-likeness (QED) is 0.710. The van der Waals surface area contributed by atoms with Crippen molar-refractivity contribution in [2.45, 2.75) is 26.2 Å². The second-order valence-corrected chi connectivity index (χ2v) is 6.46. The number of aryl methyl sites for hydroxylation is 2. The van der Waals surface area contributed by atoms with Gasteiger partial charge in [0, 0.05) is 15.7 Å². The van der Waals surface area contributed by atoms with Gasteiger partial charge in [0.05, 0.1) is 7.11 Å². The predicted molar refractivity (Wildman–Crippen MR) is 98.5 cm³/mol. The maximum Gasteiger partial charge on any atom is 0.224 e. The number of hydrogen-bond donors (Lipinski definition) is 1. The molecule has 1 amide bonds. The molecule has 0 saturated carbocycles. The Labute approximate surface area is 145 Å². The van der Waals surface area contributed by atoms with Gasteiger partial charge in [-0.15, -0.1) is 0 Å². The number of anilines is 1. The molecule has 2 rings (SSSR count). The normalized spacial score (nSPS) is 10.3. The van der Waals surface area contributed by atoms with Crippen molar-refractivity contribution in [3.8, 4) is 5.75 Å². The molecule has 22 heavy (non-hydrogen) atoms. The Hall–Kier alpha value is -1.56. The summed E-state index contributed by atoms with van der Waals surface area (Å²) in [6, 6.07) is 14.0. The van der Waals surface area contributed by atoms with Crippen molar-refractivity contribution in [1.82, 2.24) is 0 Å². The smallest absolute Gasteiger partial charge is 0.224 e. The molecule has 2 aromatic rings. The third-order valence-electron chi connectivity index (χ3n) is 3.46. The molecule has 0 saturated heterocycles. The Morgan fingerprint density at radius 1 is 1.18 bits per heavy atom. The van der Waals surface area contributed by atoms with Gasteiger partial charge in [-0.1, -0.05) is 12.1 Å². The van der Waals surface area contributed by atoms with Gasteiger partial charge >= 0.3 is 0 Å². The summed E-state index contributed by atoms with van der Waals surface area (Å²) in [6.45, 7) is 2.03. The number of methoxy groups -OCH3 is 1. The zero-order chi connectivity index (χ0) is 15.9. The first-order valence-corrected chi connectivity index (χ1v) is 8.35. The minimum Gasteiger partial charge on any atom is -0.496 e. The molecule has 0 heterocycles. The largest absolute Gasteiger partial charge is 0.496 e. The van der Waals surface area contributed by atoms with Crippen LogP contribution in [-0.2, 0) is 11.2 Å². The van der Waals surface area contributed by atoms with Crippen LogP contribution < -0.4 is 10.1 Å². The summed E-state index contributed by atoms with van der Waals surface area (Å²) in [7, 11) is 1.68. The highest BCUT2D eigenvalue weighted by Crippen LogP contribution is 2.19. The van der Waals surface area contributed by atoms with Crippen molar-refractivity contribution >= 4 is 34.2 Å². The molecular weight excluding hydrogens is 389 g/mol. The monoisotopic (exact) mass is 409 g/mol. The van der Waals surface area contributed by atoms with E-state index >= 15 is 0 Å². The van der Waals surface area contributed by atoms with E-state index in [1.807, 2.05) is 37.3 Å². The summed E-state index contributed by atoms with van der Waals surface area (Å²) < 4.78 is 6.41. The molecule has 0 atom stereocenters. The van der Waals surface area contributed by atoms with E-state index < -0.39 is 0 Å². The van der Waals surface area contributed by atoms with Crippen LogP contribution in [0.3, 0.4) is 0 Å². The molecule has 4 heteroatoms. The lowest BCUT2D eigenvalue weighted by Crippen LogP contribution is -2.11. The number of carbonyl (C=O) groups excluding carboxylic acids is 1. The zero-order valence-electron chi connectivity index (χ0n) is 12.9. The highest BCUT2D eigenvalue weighted by Gasteiger charge is 2.04. The summed E-state index contributed by atoms with van der Waals surface area (Å²) in [5, 5.41) is 2.92. The molecule has 3 nitrogen and oxygen atoms in total. The molecule has 0 aliphatic heterocycles. The molecule has 0 bridgehead atoms. The van der Waals surface area contributed by atoms with Gasteiger partial charge in [0.1, 0.15) is 5.75 Å². The summed E-state index contributed by atoms with van der Waals surface area (Å²) in [6.07, 6.45) is 2.25. The van der Waals surface area contributed by atoms with Crippen molar-refractivity contribution in [2.75, 3.05) is 12.4 Å². The topological polar surface area (TPSA) is 38.3 Å². The van der Waals surface area contributed by atoms with Gasteiger partial charge in [0.25, 0.3) is 0 Å². The van der Waals surface area contributed by atoms with Crippen LogP contribution in [0.1, 0.15) is 24.0 Å². The number of halogens is 1. The Morgan fingerprint density at radius 3 is 2.55 bits per heavy atom. The van der Waals surface area contributed by atoms with Gasteiger partial charge in [0.2, 0.25) is 5.91 Å². The fourth-order valence-corrected chi connectivity index (χ4v) is 2.67. The Kier molecular flexibility index (Phi) is 6.24. The van der Waals surface area contributed by atoms with E-state index in [1.54, 1.807) is 7.11 Å². The van der Waals surface area contributed by atoms with Crippen molar-refractivity contribution < 1.29 is 9.53 Å². The zero-order valence-corrected chi connectivity index (χ0v) is 15.0. The third kappa shape index (κ3) is 5.02. The van der Waals surface area contributed by atoms with Crippen LogP contribution in [0.15, 0.2) is 42.5 Å². The molecule has 0 fully saturated rings. The molecule has 0 aliphatic carbocycles. The average molecular weight is 409 g/mol. The van der Waals surface area contributed by atoms with E-state index in [2.05, 4.69) is 40.0 Å². The van der Waals surface area contributed by atoms with E-state index in [1.165, 1.54) is 5.56 Å². The van der Waals surface area contributed by atoms with Crippen LogP contribution in [0.2, 0.25) is 0 Å². The Balaban J connectivity index is 1.79. The number of carbonyl (C=O) groups is 1. The molecule has 116 valence electrons. The van der Waals surface area contributed by atoms with E-state index in [4.69, 9.17) is 4.74 Å². The molecule has 0 unspecified atom stereocenters. The van der Waals surface area contributed by atoms with Crippen LogP contribution >= 0.6 is 22.6 Å². The van der Waals surface area contributed by atoms with Gasteiger partial charge < -0.3 is 10.1 Å². The second-order valence-electron chi connectivity index (χ2n) is 5.21. The van der Waals surface area contributed by atoms with Crippen LogP contribution in [-0.4, -0.2) is 13.0 Å². The van der Waals surface area contributed by atoms with Gasteiger partial charge in [0.15, 0.2) is 0 Å². The van der Waals surface area contributed by atoms with E-state index in [-0.39, 0.29) is 5.91 Å². The molecule has 2 aromatic carbocycles. The van der Waals surface area contributed by atoms with E-state index in [0.717, 1.165) is 33.4 Å². The fourth-order valence-electron chi connectivity index (χ4n) is 2.31. The maximum absolute atomic E-state index is 11.9. The number of hydrogen-bond acceptors (Lipinski definition) is 2. The van der Waals surface area contributed by atoms with Gasteiger partial charge in [-0.05, 0) is 83.8 Å². The SMILES string of the molecule is COc1ccc(CCCC(=O)Nc2ccc(I)cc2)cc1C. The molecule has 1 N–H and O–H groups in total. The van der Waals surface area contributed by atoms with Crippen LogP contribution in [0.5, 0.6) is 5.75 Å². The van der Waals surface area contributed by atoms with E-state index in [9.17, 15) is 4.79 Å². The predicted octanol–water partition coefficient (Wildman–Crippen LogP) is 4.57. The summed E-state index contributed by atoms with van der Waals surface area (Å²) in [5.74, 6) is 0.964. The molecule has 0 spiro atoms. The number of amides is 1. The van der Waals surface area contributed by atoms with Crippen molar-refractivity contribution in [3.05, 3.63) is 57.2 Å². The fraction of sp³-hybridized carbons (Fsp3) is 0.278. The number of nitrogens with one attached hydrogen (secondary N) is 1. The van der Waals surface area contributed by atoms with Gasteiger partial charge in [-0.25, -0.2) is 0 Å². The standard InChI is InChI=1S/C18H20INO2/c1-13-12-14(6-11-17(13)22-2)4-3-5-18(21)20-16-9-7-15(19)8-10-16/h6-12H,3-5H2,1-2H3,(H,20,21). The second kappa shape index (κ2) is 8.17. The Bertz CT molecular complexity index is 638. The average Bonchev–Trinajstić information content (AvgIpc) is 2.50. The van der Waals surface area contributed by atoms with Crippen LogP contribution in [0, 0.1) is 10.5 Å². The van der Waals surface area contributed by atoms with Crippen LogP contribution in [0.4, 0.5) is 5.69 Å². The van der Waals surface area contributed by atoms with Crippen molar-refractivity contribution in [3.63, 3.8) is 0 Å². The maximum atomic E-state index is 11.9. The summed E-state index contributed by atoms with van der Waals surface area (Å²) in [5.41, 5.74) is 3.22. The first-order valence-electron chi connectivity index (χ1n) is 7.27. The lowest BCUT2D eigenvalue weighted by Gasteiger charge is -2.08. The molecule has 0 aliphatic rings. The van der Waals surface area contributed by atoms with Crippen LogP contribution in [0.25, 0.3) is 0 Å². The lowest BCUT2D eigenvalue weighted by atomic mass is 10.0. The number of benzene rings is 2. The first kappa shape index (κ1) is 16.8. The van der Waals surface area contributed by atoms with Gasteiger partial charge in [-0.3, -0.25) is 4.79 Å². The lowest BCUT2D eigenvalue weighted by molar-refractivity contribution is -0.116. The summed E-state index contributed by atoms with van der Waals surface area (Å²) >= 11 is 2.25. The number of ether oxygens (including phenoxy) is 1. The third-order valence-corrected chi connectivity index (χ3v) is 4.18. The van der Waals surface area contributed by atoms with E-state index in [0.29, 0.717) is 6.42 Å². The molecular formula is C18H20INO2. The minimum absolute atomic E-state index is 0.0615. The van der Waals surface area contributed by atoms with Crippen molar-refractivity contribution in [2.24, 2.45) is 0 Å².